The molecule has 156 valence electrons. The maximum absolute atomic E-state index is 12.9. The Kier molecular flexibility index (Phi) is 5.73. The fraction of sp³-hybridized carbons (Fsp3) is 0.125. The maximum atomic E-state index is 12.9. The second-order valence-corrected chi connectivity index (χ2v) is 7.56. The zero-order valence-electron chi connectivity index (χ0n) is 17.4. The second-order valence-electron chi connectivity index (χ2n) is 7.16. The van der Waals surface area contributed by atoms with Crippen molar-refractivity contribution < 1.29 is 9.53 Å². The number of nitrogens with one attached hydrogen (secondary N) is 1. The lowest BCUT2D eigenvalue weighted by molar-refractivity contribution is 0.101. The number of methoxy groups -OCH3 is 1. The van der Waals surface area contributed by atoms with Gasteiger partial charge in [0.2, 0.25) is 5.82 Å². The number of anilines is 1. The number of halogens is 1. The van der Waals surface area contributed by atoms with Crippen LogP contribution >= 0.6 is 11.6 Å². The molecule has 0 saturated heterocycles. The number of carbonyl (C=O) groups excluding carboxylic acids is 1. The number of carbonyl (C=O) groups is 1. The average molecular weight is 433 g/mol. The van der Waals surface area contributed by atoms with Gasteiger partial charge in [-0.2, -0.15) is 0 Å². The molecule has 1 aromatic heterocycles. The van der Waals surface area contributed by atoms with E-state index in [-0.39, 0.29) is 5.82 Å². The van der Waals surface area contributed by atoms with Crippen LogP contribution < -0.4 is 10.1 Å². The number of hydrogen-bond acceptors (Lipinski definition) is 4. The number of rotatable bonds is 5. The van der Waals surface area contributed by atoms with Gasteiger partial charge in [0.25, 0.3) is 5.91 Å². The summed E-state index contributed by atoms with van der Waals surface area (Å²) in [6.45, 7) is 3.94. The first-order chi connectivity index (χ1) is 14.9. The Morgan fingerprint density at radius 1 is 1.03 bits per heavy atom. The van der Waals surface area contributed by atoms with Gasteiger partial charge < -0.3 is 10.1 Å². The van der Waals surface area contributed by atoms with Gasteiger partial charge in [0, 0.05) is 16.3 Å². The van der Waals surface area contributed by atoms with E-state index >= 15 is 0 Å². The monoisotopic (exact) mass is 432 g/mol. The molecule has 0 atom stereocenters. The van der Waals surface area contributed by atoms with Crippen molar-refractivity contribution in [2.75, 3.05) is 12.4 Å². The van der Waals surface area contributed by atoms with E-state index in [1.54, 1.807) is 36.1 Å². The average Bonchev–Trinajstić information content (AvgIpc) is 3.22. The minimum absolute atomic E-state index is 0.0593. The zero-order valence-corrected chi connectivity index (χ0v) is 18.1. The first-order valence-electron chi connectivity index (χ1n) is 9.70. The number of benzene rings is 3. The summed E-state index contributed by atoms with van der Waals surface area (Å²) in [5.74, 6) is 0.918. The summed E-state index contributed by atoms with van der Waals surface area (Å²) in [5.41, 5.74) is 4.24. The Hall–Kier alpha value is -3.64. The molecule has 0 spiro atoms. The standard InChI is InChI=1S/C24H21ClN4O2/c1-15-5-4-6-17(13-15)23-27-22(24(30)26-18-8-11-20(31-3)12-9-18)28-29(23)19-10-7-16(2)21(25)14-19/h4-14H,1-3H3,(H,26,30). The van der Waals surface area contributed by atoms with Crippen molar-refractivity contribution in [1.29, 1.82) is 0 Å². The van der Waals surface area contributed by atoms with Crippen LogP contribution in [0.1, 0.15) is 21.7 Å². The van der Waals surface area contributed by atoms with Gasteiger partial charge in [-0.3, -0.25) is 4.79 Å². The van der Waals surface area contributed by atoms with E-state index in [9.17, 15) is 4.79 Å². The molecule has 0 aliphatic carbocycles. The summed E-state index contributed by atoms with van der Waals surface area (Å²) in [7, 11) is 1.59. The van der Waals surface area contributed by atoms with Crippen LogP contribution in [-0.4, -0.2) is 27.8 Å². The molecule has 7 heteroatoms. The largest absolute Gasteiger partial charge is 0.497 e. The third kappa shape index (κ3) is 4.44. The van der Waals surface area contributed by atoms with Crippen LogP contribution in [0.5, 0.6) is 5.75 Å². The highest BCUT2D eigenvalue weighted by molar-refractivity contribution is 6.31. The molecule has 0 fully saturated rings. The number of hydrogen-bond donors (Lipinski definition) is 1. The minimum Gasteiger partial charge on any atom is -0.497 e. The Bertz CT molecular complexity index is 1250. The number of ether oxygens (including phenoxy) is 1. The van der Waals surface area contributed by atoms with Crippen molar-refractivity contribution in [2.24, 2.45) is 0 Å². The highest BCUT2D eigenvalue weighted by atomic mass is 35.5. The third-order valence-corrected chi connectivity index (χ3v) is 5.24. The van der Waals surface area contributed by atoms with Crippen molar-refractivity contribution in [2.45, 2.75) is 13.8 Å². The van der Waals surface area contributed by atoms with E-state index in [0.29, 0.717) is 22.3 Å². The van der Waals surface area contributed by atoms with Crippen LogP contribution in [0, 0.1) is 13.8 Å². The van der Waals surface area contributed by atoms with Crippen LogP contribution in [0.4, 0.5) is 5.69 Å². The van der Waals surface area contributed by atoms with E-state index in [0.717, 1.165) is 22.4 Å². The Labute approximate surface area is 185 Å². The van der Waals surface area contributed by atoms with Crippen LogP contribution in [0.2, 0.25) is 5.02 Å². The molecule has 1 amide bonds. The van der Waals surface area contributed by atoms with Crippen LogP contribution in [-0.2, 0) is 0 Å². The minimum atomic E-state index is -0.406. The first kappa shape index (κ1) is 20.6. The van der Waals surface area contributed by atoms with Gasteiger partial charge >= 0.3 is 0 Å². The molecular weight excluding hydrogens is 412 g/mol. The molecule has 0 aliphatic rings. The molecule has 0 saturated carbocycles. The summed E-state index contributed by atoms with van der Waals surface area (Å²) in [6.07, 6.45) is 0. The molecule has 4 rings (SSSR count). The maximum Gasteiger partial charge on any atom is 0.295 e. The molecule has 0 aliphatic heterocycles. The smallest absolute Gasteiger partial charge is 0.295 e. The van der Waals surface area contributed by atoms with Gasteiger partial charge in [-0.25, -0.2) is 9.67 Å². The van der Waals surface area contributed by atoms with Gasteiger partial charge in [0.05, 0.1) is 12.8 Å². The fourth-order valence-electron chi connectivity index (χ4n) is 3.13. The number of nitrogens with zero attached hydrogens (tertiary/aromatic N) is 3. The SMILES string of the molecule is COc1ccc(NC(=O)c2nc(-c3cccc(C)c3)n(-c3ccc(C)c(Cl)c3)n2)cc1. The van der Waals surface area contributed by atoms with Gasteiger partial charge in [-0.05, 0) is 61.9 Å². The summed E-state index contributed by atoms with van der Waals surface area (Å²) < 4.78 is 6.79. The molecule has 4 aromatic rings. The third-order valence-electron chi connectivity index (χ3n) is 4.83. The van der Waals surface area contributed by atoms with Crippen molar-refractivity contribution in [3.63, 3.8) is 0 Å². The predicted molar refractivity (Wildman–Crippen MR) is 122 cm³/mol. The molecule has 1 N–H and O–H groups in total. The lowest BCUT2D eigenvalue weighted by atomic mass is 10.1. The van der Waals surface area contributed by atoms with E-state index in [4.69, 9.17) is 16.3 Å². The van der Waals surface area contributed by atoms with E-state index < -0.39 is 5.91 Å². The van der Waals surface area contributed by atoms with Gasteiger partial charge in [0.15, 0.2) is 5.82 Å². The van der Waals surface area contributed by atoms with Crippen LogP contribution in [0.25, 0.3) is 17.1 Å². The van der Waals surface area contributed by atoms with Crippen LogP contribution in [0.3, 0.4) is 0 Å². The highest BCUT2D eigenvalue weighted by Crippen LogP contribution is 2.25. The summed E-state index contributed by atoms with van der Waals surface area (Å²) in [4.78, 5) is 17.4. The quantitative estimate of drug-likeness (QED) is 0.454. The zero-order chi connectivity index (χ0) is 22.0. The van der Waals surface area contributed by atoms with Crippen molar-refractivity contribution in [1.82, 2.24) is 14.8 Å². The lowest BCUT2D eigenvalue weighted by Crippen LogP contribution is -2.14. The predicted octanol–water partition coefficient (Wildman–Crippen LogP) is 5.47. The fourth-order valence-corrected chi connectivity index (χ4v) is 3.31. The summed E-state index contributed by atoms with van der Waals surface area (Å²) in [6, 6.07) is 20.6. The Balaban J connectivity index is 1.74. The van der Waals surface area contributed by atoms with Gasteiger partial charge in [0.1, 0.15) is 5.75 Å². The molecule has 0 unspecified atom stereocenters. The normalized spacial score (nSPS) is 10.7. The molecule has 6 nitrogen and oxygen atoms in total. The Morgan fingerprint density at radius 2 is 1.81 bits per heavy atom. The lowest BCUT2D eigenvalue weighted by Gasteiger charge is -2.08. The topological polar surface area (TPSA) is 69.0 Å². The molecule has 31 heavy (non-hydrogen) atoms. The molecule has 3 aromatic carbocycles. The van der Waals surface area contributed by atoms with E-state index in [2.05, 4.69) is 15.4 Å². The van der Waals surface area contributed by atoms with Crippen molar-refractivity contribution in [3.05, 3.63) is 88.7 Å². The van der Waals surface area contributed by atoms with Crippen molar-refractivity contribution >= 4 is 23.2 Å². The molecular formula is C24H21ClN4O2. The Morgan fingerprint density at radius 3 is 2.48 bits per heavy atom. The summed E-state index contributed by atoms with van der Waals surface area (Å²) >= 11 is 6.34. The second kappa shape index (κ2) is 8.62. The highest BCUT2D eigenvalue weighted by Gasteiger charge is 2.19. The van der Waals surface area contributed by atoms with Gasteiger partial charge in [-0.1, -0.05) is 41.4 Å². The number of aromatic nitrogens is 3. The molecule has 1 heterocycles. The van der Waals surface area contributed by atoms with Crippen molar-refractivity contribution in [3.8, 4) is 22.8 Å². The number of amides is 1. The van der Waals surface area contributed by atoms with Crippen LogP contribution in [0.15, 0.2) is 66.7 Å². The van der Waals surface area contributed by atoms with Gasteiger partial charge in [-0.15, -0.1) is 5.10 Å². The number of aryl methyl sites for hydroxylation is 2. The van der Waals surface area contributed by atoms with E-state index in [1.165, 1.54) is 0 Å². The summed E-state index contributed by atoms with van der Waals surface area (Å²) in [5, 5.41) is 7.94. The molecule has 0 bridgehead atoms. The first-order valence-corrected chi connectivity index (χ1v) is 10.1. The molecule has 0 radical (unpaired) electrons. The van der Waals surface area contributed by atoms with E-state index in [1.807, 2.05) is 56.3 Å².